The second-order valence-corrected chi connectivity index (χ2v) is 3.05. The van der Waals surface area contributed by atoms with Gasteiger partial charge in [0.1, 0.15) is 0 Å². The first-order valence-corrected chi connectivity index (χ1v) is 3.70. The number of rotatable bonds is 1. The summed E-state index contributed by atoms with van der Waals surface area (Å²) in [5.74, 6) is 0. The molecule has 4 heteroatoms. The predicted octanol–water partition coefficient (Wildman–Crippen LogP) is 2.45. The molecule has 0 rings (SSSR count). The van der Waals surface area contributed by atoms with Crippen molar-refractivity contribution in [1.29, 1.82) is 0 Å². The minimum Gasteiger partial charge on any atom is -0.232 e. The third-order valence-corrected chi connectivity index (χ3v) is 2.83. The Morgan fingerprint density at radius 2 is 1.17 bits per heavy atom. The maximum atomic E-state index is 11.4. The van der Waals surface area contributed by atoms with Crippen molar-refractivity contribution in [2.24, 2.45) is 0 Å². The zero-order valence-corrected chi connectivity index (χ0v) is 6.98. The molecule has 2 atom stereocenters. The van der Waals surface area contributed by atoms with Gasteiger partial charge in [0.25, 0.3) is 0 Å². The second kappa shape index (κ2) is 3.34. The molecule has 6 heavy (non-hydrogen) atoms. The van der Waals surface area contributed by atoms with Crippen LogP contribution >= 0.6 is 45.2 Å². The number of alkyl halides is 4. The molecule has 0 radical (unpaired) electrons. The quantitative estimate of drug-likeness (QED) is 0.515. The van der Waals surface area contributed by atoms with Crippen LogP contribution in [0.15, 0.2) is 0 Å². The van der Waals surface area contributed by atoms with Gasteiger partial charge in [-0.15, -0.1) is 0 Å². The van der Waals surface area contributed by atoms with E-state index in [2.05, 4.69) is 0 Å². The molecule has 0 aromatic rings. The largest absolute Gasteiger partial charge is 0.232 e. The van der Waals surface area contributed by atoms with E-state index in [0.717, 1.165) is 0 Å². The summed E-state index contributed by atoms with van der Waals surface area (Å²) in [5.41, 5.74) is 0. The van der Waals surface area contributed by atoms with Gasteiger partial charge in [0.05, 0.1) is 0 Å². The molecular formula is C2H2F2I2. The Bertz CT molecular complexity index is 30.5. The van der Waals surface area contributed by atoms with Gasteiger partial charge in [-0.3, -0.25) is 0 Å². The van der Waals surface area contributed by atoms with Crippen LogP contribution < -0.4 is 0 Å². The average molecular weight is 318 g/mol. The van der Waals surface area contributed by atoms with Gasteiger partial charge in [-0.2, -0.15) is 0 Å². The highest BCUT2D eigenvalue weighted by Gasteiger charge is 2.09. The fourth-order valence-corrected chi connectivity index (χ4v) is 0. The number of hydrogen-bond acceptors (Lipinski definition) is 0. The Balaban J connectivity index is 2.99. The van der Waals surface area contributed by atoms with Gasteiger partial charge in [-0.1, -0.05) is 0 Å². The molecule has 0 aliphatic carbocycles. The molecule has 0 amide bonds. The Hall–Kier alpha value is 1.32. The Morgan fingerprint density at radius 1 is 1.00 bits per heavy atom. The summed E-state index contributed by atoms with van der Waals surface area (Å²) in [7, 11) is 0. The van der Waals surface area contributed by atoms with Crippen LogP contribution in [0.4, 0.5) is 8.78 Å². The van der Waals surface area contributed by atoms with E-state index in [0.29, 0.717) is 0 Å². The molecule has 0 aromatic carbocycles. The first-order valence-electron chi connectivity index (χ1n) is 1.21. The minimum absolute atomic E-state index is 1.36. The van der Waals surface area contributed by atoms with E-state index < -0.39 is 8.36 Å². The van der Waals surface area contributed by atoms with Crippen LogP contribution in [0.3, 0.4) is 0 Å². The highest BCUT2D eigenvalue weighted by atomic mass is 127. The summed E-state index contributed by atoms with van der Waals surface area (Å²) < 4.78 is 20.1. The first kappa shape index (κ1) is 7.32. The van der Waals surface area contributed by atoms with Crippen molar-refractivity contribution < 1.29 is 8.78 Å². The molecule has 2 unspecified atom stereocenters. The van der Waals surface area contributed by atoms with Crippen molar-refractivity contribution in [3.05, 3.63) is 0 Å². The Morgan fingerprint density at radius 3 is 1.17 bits per heavy atom. The molecule has 0 nitrogen and oxygen atoms in total. The fourth-order valence-electron chi connectivity index (χ4n) is 0. The van der Waals surface area contributed by atoms with Crippen LogP contribution in [0.1, 0.15) is 0 Å². The molecule has 0 bridgehead atoms. The fraction of sp³-hybridized carbons (Fsp3) is 1.00. The lowest BCUT2D eigenvalue weighted by Crippen LogP contribution is -1.97. The molecule has 0 aromatic heterocycles. The highest BCUT2D eigenvalue weighted by molar-refractivity contribution is 14.1. The van der Waals surface area contributed by atoms with E-state index >= 15 is 0 Å². The van der Waals surface area contributed by atoms with Gasteiger partial charge in [0.2, 0.25) is 0 Å². The highest BCUT2D eigenvalue weighted by Crippen LogP contribution is 2.16. The molecule has 38 valence electrons. The van der Waals surface area contributed by atoms with E-state index in [1.54, 1.807) is 0 Å². The summed E-state index contributed by atoms with van der Waals surface area (Å²) in [6, 6.07) is 0. The van der Waals surface area contributed by atoms with E-state index in [1.807, 2.05) is 0 Å². The Kier molecular flexibility index (Phi) is 4.07. The SMILES string of the molecule is FC(I)C(F)I. The third-order valence-electron chi connectivity index (χ3n) is 0.190. The molecule has 0 saturated heterocycles. The monoisotopic (exact) mass is 318 g/mol. The molecular weight excluding hydrogens is 316 g/mol. The topological polar surface area (TPSA) is 0 Å². The molecule has 0 heterocycles. The standard InChI is InChI=1S/C2H2F2I2/c3-1(5)2(4)6/h1-2H. The van der Waals surface area contributed by atoms with Crippen LogP contribution in [0.2, 0.25) is 0 Å². The predicted molar refractivity (Wildman–Crippen MR) is 37.8 cm³/mol. The summed E-state index contributed by atoms with van der Waals surface area (Å²) in [5, 5.41) is 0. The van der Waals surface area contributed by atoms with E-state index in [4.69, 9.17) is 0 Å². The first-order chi connectivity index (χ1) is 2.64. The van der Waals surface area contributed by atoms with Crippen molar-refractivity contribution in [3.63, 3.8) is 0 Å². The maximum absolute atomic E-state index is 11.4. The average Bonchev–Trinajstić information content (AvgIpc) is 1.36. The van der Waals surface area contributed by atoms with E-state index in [9.17, 15) is 8.78 Å². The molecule has 0 aliphatic rings. The second-order valence-electron chi connectivity index (χ2n) is 0.669. The van der Waals surface area contributed by atoms with Crippen LogP contribution in [0.25, 0.3) is 0 Å². The van der Waals surface area contributed by atoms with Crippen molar-refractivity contribution in [1.82, 2.24) is 0 Å². The molecule has 0 spiro atoms. The number of hydrogen-bond donors (Lipinski definition) is 0. The van der Waals surface area contributed by atoms with Crippen LogP contribution in [-0.2, 0) is 0 Å². The van der Waals surface area contributed by atoms with Gasteiger partial charge in [-0.05, 0) is 45.2 Å². The summed E-state index contributed by atoms with van der Waals surface area (Å²) in [6.45, 7) is 0. The van der Waals surface area contributed by atoms with E-state index in [-0.39, 0.29) is 0 Å². The van der Waals surface area contributed by atoms with Crippen LogP contribution in [0.5, 0.6) is 0 Å². The van der Waals surface area contributed by atoms with Crippen molar-refractivity contribution >= 4 is 45.2 Å². The minimum atomic E-state index is -1.36. The summed E-state index contributed by atoms with van der Waals surface area (Å²) in [6.07, 6.45) is 0. The van der Waals surface area contributed by atoms with Crippen LogP contribution in [-0.4, -0.2) is 8.36 Å². The van der Waals surface area contributed by atoms with Crippen LogP contribution in [0, 0.1) is 0 Å². The summed E-state index contributed by atoms with van der Waals surface area (Å²) >= 11 is 2.77. The zero-order chi connectivity index (χ0) is 5.15. The number of halogens is 4. The smallest absolute Gasteiger partial charge is 0.191 e. The lowest BCUT2D eigenvalue weighted by atomic mass is 10.9. The van der Waals surface area contributed by atoms with Gasteiger partial charge >= 0.3 is 0 Å². The molecule has 0 fully saturated rings. The van der Waals surface area contributed by atoms with Gasteiger partial charge in [-0.25, -0.2) is 8.78 Å². The molecule has 0 aliphatic heterocycles. The summed E-state index contributed by atoms with van der Waals surface area (Å²) in [4.78, 5) is 0. The van der Waals surface area contributed by atoms with Crippen molar-refractivity contribution in [2.75, 3.05) is 0 Å². The lowest BCUT2D eigenvalue weighted by Gasteiger charge is -1.93. The van der Waals surface area contributed by atoms with Gasteiger partial charge in [0.15, 0.2) is 8.36 Å². The van der Waals surface area contributed by atoms with Gasteiger partial charge < -0.3 is 0 Å². The van der Waals surface area contributed by atoms with Crippen molar-refractivity contribution in [3.8, 4) is 0 Å². The maximum Gasteiger partial charge on any atom is 0.191 e. The third kappa shape index (κ3) is 3.51. The van der Waals surface area contributed by atoms with Gasteiger partial charge in [0, 0.05) is 0 Å². The van der Waals surface area contributed by atoms with E-state index in [1.165, 1.54) is 45.2 Å². The lowest BCUT2D eigenvalue weighted by molar-refractivity contribution is 0.346. The normalized spacial score (nSPS) is 20.0. The molecule has 0 saturated carbocycles. The molecule has 0 N–H and O–H groups in total. The van der Waals surface area contributed by atoms with Crippen molar-refractivity contribution in [2.45, 2.75) is 8.36 Å². The Labute approximate surface area is 62.0 Å². The zero-order valence-electron chi connectivity index (χ0n) is 2.67.